The van der Waals surface area contributed by atoms with Crippen LogP contribution in [0.3, 0.4) is 0 Å². The summed E-state index contributed by atoms with van der Waals surface area (Å²) in [7, 11) is 1.57. The number of benzene rings is 1. The molecule has 28 heavy (non-hydrogen) atoms. The summed E-state index contributed by atoms with van der Waals surface area (Å²) in [5.74, 6) is -3.99. The lowest BCUT2D eigenvalue weighted by Gasteiger charge is -2.35. The van der Waals surface area contributed by atoms with Gasteiger partial charge in [-0.25, -0.2) is 18.3 Å². The van der Waals surface area contributed by atoms with Crippen molar-refractivity contribution in [3.8, 4) is 0 Å². The summed E-state index contributed by atoms with van der Waals surface area (Å²) in [5.41, 5.74) is 0.970. The summed E-state index contributed by atoms with van der Waals surface area (Å²) < 4.78 is 45.9. The maximum absolute atomic E-state index is 14.1. The average molecular weight is 394 g/mol. The van der Waals surface area contributed by atoms with Crippen molar-refractivity contribution in [2.24, 2.45) is 0 Å². The van der Waals surface area contributed by atoms with Gasteiger partial charge in [-0.05, 0) is 24.6 Å². The Morgan fingerprint density at radius 2 is 2.04 bits per heavy atom. The highest BCUT2D eigenvalue weighted by Gasteiger charge is 2.45. The molecule has 0 saturated heterocycles. The normalized spacial score (nSPS) is 21.4. The van der Waals surface area contributed by atoms with E-state index < -0.39 is 30.3 Å². The maximum atomic E-state index is 14.1. The van der Waals surface area contributed by atoms with Crippen molar-refractivity contribution in [2.75, 3.05) is 20.3 Å². The van der Waals surface area contributed by atoms with Crippen molar-refractivity contribution in [3.63, 3.8) is 0 Å². The number of methoxy groups -OCH3 is 1. The molecule has 0 N–H and O–H groups in total. The lowest BCUT2D eigenvalue weighted by atomic mass is 9.81. The molecule has 2 atom stereocenters. The molecule has 8 heteroatoms. The SMILES string of the molecule is COCCOCn1nccc1C1CC(F)(F)CCC1OC(=O)c1ccccc1. The van der Waals surface area contributed by atoms with E-state index in [1.54, 1.807) is 43.5 Å². The van der Waals surface area contributed by atoms with Crippen LogP contribution in [0.2, 0.25) is 0 Å². The molecule has 1 aliphatic rings. The highest BCUT2D eigenvalue weighted by molar-refractivity contribution is 5.89. The summed E-state index contributed by atoms with van der Waals surface area (Å²) in [6.45, 7) is 0.908. The second-order valence-electron chi connectivity index (χ2n) is 6.80. The van der Waals surface area contributed by atoms with Gasteiger partial charge in [0.25, 0.3) is 0 Å². The van der Waals surface area contributed by atoms with Gasteiger partial charge in [-0.3, -0.25) is 0 Å². The Kier molecular flexibility index (Phi) is 6.74. The first kappa shape index (κ1) is 20.4. The molecule has 0 bridgehead atoms. The largest absolute Gasteiger partial charge is 0.458 e. The Balaban J connectivity index is 1.75. The predicted octanol–water partition coefficient (Wildman–Crippen LogP) is 3.63. The third-order valence-electron chi connectivity index (χ3n) is 4.80. The summed E-state index contributed by atoms with van der Waals surface area (Å²) in [6, 6.07) is 10.2. The molecule has 0 aliphatic heterocycles. The summed E-state index contributed by atoms with van der Waals surface area (Å²) in [4.78, 5) is 12.4. The van der Waals surface area contributed by atoms with Gasteiger partial charge in [-0.1, -0.05) is 18.2 Å². The van der Waals surface area contributed by atoms with E-state index in [1.165, 1.54) is 10.9 Å². The number of rotatable bonds is 8. The molecule has 0 radical (unpaired) electrons. The van der Waals surface area contributed by atoms with Gasteiger partial charge in [0.05, 0.1) is 18.8 Å². The smallest absolute Gasteiger partial charge is 0.338 e. The zero-order chi connectivity index (χ0) is 20.0. The first-order chi connectivity index (χ1) is 13.5. The minimum atomic E-state index is -2.81. The quantitative estimate of drug-likeness (QED) is 0.505. The third kappa shape index (κ3) is 5.14. The molecular weight excluding hydrogens is 370 g/mol. The van der Waals surface area contributed by atoms with Gasteiger partial charge in [0.15, 0.2) is 0 Å². The molecule has 1 aromatic carbocycles. The van der Waals surface area contributed by atoms with Crippen molar-refractivity contribution in [1.82, 2.24) is 9.78 Å². The number of carbonyl (C=O) groups is 1. The second-order valence-corrected chi connectivity index (χ2v) is 6.80. The molecule has 6 nitrogen and oxygen atoms in total. The fourth-order valence-corrected chi connectivity index (χ4v) is 3.38. The Labute approximate surface area is 162 Å². The van der Waals surface area contributed by atoms with Crippen LogP contribution in [0, 0.1) is 0 Å². The Morgan fingerprint density at radius 3 is 2.79 bits per heavy atom. The summed E-state index contributed by atoms with van der Waals surface area (Å²) in [5, 5.41) is 4.17. The van der Waals surface area contributed by atoms with Crippen LogP contribution in [0.1, 0.15) is 41.2 Å². The number of alkyl halides is 2. The molecule has 0 spiro atoms. The number of hydrogen-bond donors (Lipinski definition) is 0. The van der Waals surface area contributed by atoms with Crippen LogP contribution in [0.5, 0.6) is 0 Å². The van der Waals surface area contributed by atoms with Gasteiger partial charge >= 0.3 is 5.97 Å². The molecule has 1 heterocycles. The minimum Gasteiger partial charge on any atom is -0.458 e. The van der Waals surface area contributed by atoms with Gasteiger partial charge in [0, 0.05) is 37.8 Å². The number of nitrogens with zero attached hydrogens (tertiary/aromatic N) is 2. The van der Waals surface area contributed by atoms with E-state index in [9.17, 15) is 13.6 Å². The van der Waals surface area contributed by atoms with Gasteiger partial charge in [0.1, 0.15) is 12.8 Å². The lowest BCUT2D eigenvalue weighted by molar-refractivity contribution is -0.0818. The first-order valence-electron chi connectivity index (χ1n) is 9.22. The second kappa shape index (κ2) is 9.25. The fourth-order valence-electron chi connectivity index (χ4n) is 3.38. The average Bonchev–Trinajstić information content (AvgIpc) is 3.15. The Hall–Kier alpha value is -2.32. The third-order valence-corrected chi connectivity index (χ3v) is 4.80. The highest BCUT2D eigenvalue weighted by atomic mass is 19.3. The number of carbonyl (C=O) groups excluding carboxylic acids is 1. The summed E-state index contributed by atoms with van der Waals surface area (Å²) in [6.07, 6.45) is 0.268. The first-order valence-corrected chi connectivity index (χ1v) is 9.22. The van der Waals surface area contributed by atoms with Crippen molar-refractivity contribution < 1.29 is 27.8 Å². The molecule has 1 saturated carbocycles. The number of ether oxygens (including phenoxy) is 3. The number of aromatic nitrogens is 2. The van der Waals surface area contributed by atoms with Crippen LogP contribution in [-0.4, -0.2) is 48.1 Å². The molecule has 2 aromatic rings. The molecule has 1 fully saturated rings. The maximum Gasteiger partial charge on any atom is 0.338 e. The van der Waals surface area contributed by atoms with Crippen LogP contribution < -0.4 is 0 Å². The van der Waals surface area contributed by atoms with E-state index >= 15 is 0 Å². The molecule has 2 unspecified atom stereocenters. The van der Waals surface area contributed by atoms with E-state index in [1.807, 2.05) is 0 Å². The van der Waals surface area contributed by atoms with Crippen LogP contribution in [-0.2, 0) is 20.9 Å². The van der Waals surface area contributed by atoms with Gasteiger partial charge in [-0.15, -0.1) is 0 Å². The van der Waals surface area contributed by atoms with E-state index in [0.717, 1.165) is 0 Å². The zero-order valence-corrected chi connectivity index (χ0v) is 15.7. The van der Waals surface area contributed by atoms with Crippen molar-refractivity contribution in [2.45, 2.75) is 43.9 Å². The van der Waals surface area contributed by atoms with E-state index in [2.05, 4.69) is 5.10 Å². The predicted molar refractivity (Wildman–Crippen MR) is 97.2 cm³/mol. The zero-order valence-electron chi connectivity index (χ0n) is 15.7. The van der Waals surface area contributed by atoms with E-state index in [0.29, 0.717) is 24.5 Å². The van der Waals surface area contributed by atoms with Crippen LogP contribution >= 0.6 is 0 Å². The Morgan fingerprint density at radius 1 is 1.25 bits per heavy atom. The van der Waals surface area contributed by atoms with Crippen LogP contribution in [0.4, 0.5) is 8.78 Å². The highest BCUT2D eigenvalue weighted by Crippen LogP contribution is 2.43. The molecule has 3 rings (SSSR count). The number of esters is 1. The Bertz CT molecular complexity index is 767. The van der Waals surface area contributed by atoms with E-state index in [-0.39, 0.29) is 19.6 Å². The molecule has 1 aromatic heterocycles. The van der Waals surface area contributed by atoms with Gasteiger partial charge < -0.3 is 14.2 Å². The monoisotopic (exact) mass is 394 g/mol. The fraction of sp³-hybridized carbons (Fsp3) is 0.500. The molecule has 152 valence electrons. The lowest BCUT2D eigenvalue weighted by Crippen LogP contribution is -2.38. The molecular formula is C20H24F2N2O4. The molecule has 1 aliphatic carbocycles. The van der Waals surface area contributed by atoms with Gasteiger partial charge in [-0.2, -0.15) is 5.10 Å². The van der Waals surface area contributed by atoms with E-state index in [4.69, 9.17) is 14.2 Å². The van der Waals surface area contributed by atoms with Crippen LogP contribution in [0.25, 0.3) is 0 Å². The molecule has 0 amide bonds. The topological polar surface area (TPSA) is 62.6 Å². The standard InChI is InChI=1S/C20H24F2N2O4/c1-26-11-12-27-14-24-17(8-10-23-24)16-13-20(21,22)9-7-18(16)28-19(25)15-5-3-2-4-6-15/h2-6,8,10,16,18H,7,9,11-14H2,1H3. The van der Waals surface area contributed by atoms with Crippen molar-refractivity contribution >= 4 is 5.97 Å². The summed E-state index contributed by atoms with van der Waals surface area (Å²) >= 11 is 0. The minimum absolute atomic E-state index is 0.0892. The number of halogens is 2. The van der Waals surface area contributed by atoms with Gasteiger partial charge in [0.2, 0.25) is 5.92 Å². The van der Waals surface area contributed by atoms with Crippen LogP contribution in [0.15, 0.2) is 42.6 Å². The number of hydrogen-bond acceptors (Lipinski definition) is 5. The van der Waals surface area contributed by atoms with Crippen molar-refractivity contribution in [3.05, 3.63) is 53.9 Å². The van der Waals surface area contributed by atoms with Crippen molar-refractivity contribution in [1.29, 1.82) is 0 Å².